The van der Waals surface area contributed by atoms with Crippen molar-refractivity contribution in [2.75, 3.05) is 19.7 Å². The summed E-state index contributed by atoms with van der Waals surface area (Å²) in [6, 6.07) is 1.47. The lowest BCUT2D eigenvalue weighted by Gasteiger charge is -2.31. The normalized spacial score (nSPS) is 22.6. The van der Waals surface area contributed by atoms with Crippen LogP contribution in [-0.2, 0) is 4.79 Å². The smallest absolute Gasteiger partial charge is 0.218 e. The molecule has 0 spiro atoms. The van der Waals surface area contributed by atoms with E-state index >= 15 is 0 Å². The molecule has 3 aliphatic rings. The Labute approximate surface area is 169 Å². The predicted octanol–water partition coefficient (Wildman–Crippen LogP) is 2.21. The average molecular weight is 400 g/mol. The molecule has 8 nitrogen and oxygen atoms in total. The summed E-state index contributed by atoms with van der Waals surface area (Å²) < 4.78 is 19.9. The number of amides is 1. The summed E-state index contributed by atoms with van der Waals surface area (Å²) in [7, 11) is 0. The summed E-state index contributed by atoms with van der Waals surface area (Å²) in [6.45, 7) is 3.26. The highest BCUT2D eigenvalue weighted by Gasteiger charge is 2.33. The number of halogens is 1. The first kappa shape index (κ1) is 19.4. The van der Waals surface area contributed by atoms with Crippen molar-refractivity contribution in [3.63, 3.8) is 0 Å². The number of aliphatic imine (C=N–C) groups is 1. The number of rotatable bonds is 6. The molecule has 1 aromatic heterocycles. The number of hydrogen-bond acceptors (Lipinski definition) is 7. The quantitative estimate of drug-likeness (QED) is 0.741. The van der Waals surface area contributed by atoms with E-state index in [-0.39, 0.29) is 23.9 Å². The van der Waals surface area contributed by atoms with Crippen LogP contribution in [0.15, 0.2) is 34.6 Å². The van der Waals surface area contributed by atoms with Gasteiger partial charge >= 0.3 is 0 Å². The lowest BCUT2D eigenvalue weighted by molar-refractivity contribution is -0.118. The molecule has 1 aromatic rings. The first-order valence-electron chi connectivity index (χ1n) is 9.98. The molecule has 154 valence electrons. The molecule has 0 bridgehead atoms. The first-order valence-corrected chi connectivity index (χ1v) is 9.98. The van der Waals surface area contributed by atoms with E-state index < -0.39 is 0 Å². The number of ether oxygens (including phenoxy) is 1. The molecule has 2 atom stereocenters. The van der Waals surface area contributed by atoms with E-state index in [1.165, 1.54) is 19.2 Å². The van der Waals surface area contributed by atoms with E-state index in [2.05, 4.69) is 20.3 Å². The Kier molecular flexibility index (Phi) is 5.73. The van der Waals surface area contributed by atoms with Crippen LogP contribution in [-0.4, -0.2) is 58.7 Å². The highest BCUT2D eigenvalue weighted by Crippen LogP contribution is 2.37. The molecule has 0 saturated carbocycles. The molecule has 0 aliphatic carbocycles. The Balaban J connectivity index is 1.48. The number of aromatic nitrogens is 1. The first-order chi connectivity index (χ1) is 14.1. The fourth-order valence-corrected chi connectivity index (χ4v) is 3.85. The number of nitrogens with one attached hydrogen (secondary N) is 1. The Morgan fingerprint density at radius 2 is 2.34 bits per heavy atom. The third-order valence-electron chi connectivity index (χ3n) is 5.18. The maximum Gasteiger partial charge on any atom is 0.218 e. The number of hydrazone groups is 1. The molecule has 0 radical (unpaired) electrons. The van der Waals surface area contributed by atoms with Gasteiger partial charge in [0.15, 0.2) is 0 Å². The molecule has 3 aliphatic heterocycles. The van der Waals surface area contributed by atoms with Crippen LogP contribution in [0.2, 0.25) is 0 Å². The van der Waals surface area contributed by atoms with Gasteiger partial charge in [-0.15, -0.1) is 0 Å². The van der Waals surface area contributed by atoms with Crippen LogP contribution in [0.3, 0.4) is 0 Å². The molecule has 1 amide bonds. The van der Waals surface area contributed by atoms with Gasteiger partial charge in [0.05, 0.1) is 18.8 Å². The molecule has 1 unspecified atom stereocenters. The van der Waals surface area contributed by atoms with Crippen LogP contribution >= 0.6 is 0 Å². The molecular formula is C20H25FN6O2. The van der Waals surface area contributed by atoms with Gasteiger partial charge < -0.3 is 15.0 Å². The number of likely N-dealkylation sites (tertiary alicyclic amines) is 1. The zero-order valence-electron chi connectivity index (χ0n) is 16.4. The van der Waals surface area contributed by atoms with Crippen LogP contribution in [0.25, 0.3) is 0 Å². The van der Waals surface area contributed by atoms with E-state index in [4.69, 9.17) is 9.73 Å². The molecule has 1 fully saturated rings. The molecule has 1 saturated heterocycles. The van der Waals surface area contributed by atoms with Gasteiger partial charge in [-0.25, -0.2) is 19.4 Å². The predicted molar refractivity (Wildman–Crippen MR) is 107 cm³/mol. The Morgan fingerprint density at radius 3 is 3.21 bits per heavy atom. The van der Waals surface area contributed by atoms with Gasteiger partial charge in [0.25, 0.3) is 0 Å². The third kappa shape index (κ3) is 4.38. The number of hydrogen-bond donors (Lipinski definition) is 1. The van der Waals surface area contributed by atoms with Crippen LogP contribution in [0.5, 0.6) is 5.88 Å². The van der Waals surface area contributed by atoms with Crippen LogP contribution in [0, 0.1) is 5.82 Å². The van der Waals surface area contributed by atoms with E-state index in [1.807, 2.05) is 23.5 Å². The van der Waals surface area contributed by atoms with Crippen molar-refractivity contribution in [3.8, 4) is 5.88 Å². The van der Waals surface area contributed by atoms with Gasteiger partial charge in [0, 0.05) is 44.4 Å². The van der Waals surface area contributed by atoms with E-state index in [0.717, 1.165) is 37.2 Å². The minimum Gasteiger partial charge on any atom is -0.477 e. The van der Waals surface area contributed by atoms with Gasteiger partial charge in [0.1, 0.15) is 17.8 Å². The Morgan fingerprint density at radius 1 is 1.45 bits per heavy atom. The Hall–Kier alpha value is -2.97. The summed E-state index contributed by atoms with van der Waals surface area (Å²) in [5, 5.41) is 8.85. The minimum absolute atomic E-state index is 0.00591. The average Bonchev–Trinajstić information content (AvgIpc) is 3.37. The molecule has 9 heteroatoms. The van der Waals surface area contributed by atoms with Crippen LogP contribution in [0.4, 0.5) is 4.39 Å². The highest BCUT2D eigenvalue weighted by atomic mass is 19.1. The van der Waals surface area contributed by atoms with Crippen molar-refractivity contribution in [1.82, 2.24) is 20.2 Å². The largest absolute Gasteiger partial charge is 0.477 e. The Bertz CT molecular complexity index is 855. The zero-order valence-corrected chi connectivity index (χ0v) is 16.4. The van der Waals surface area contributed by atoms with Crippen molar-refractivity contribution in [2.45, 2.75) is 44.8 Å². The standard InChI is InChI=1S/C20H25FN6O2/c1-14(28)22-7-3-11-29-20-16(12-15(21)13-23-20)17-4-2-9-26(17)18-6-10-27-19(25-18)5-8-24-27/h6,8,10,12-13,17,19H,2-5,7,9,11H2,1H3,(H,22,28)/t17-,19?/m1/s1. The number of carbonyl (C=O) groups excluding carboxylic acids is 1. The summed E-state index contributed by atoms with van der Waals surface area (Å²) in [5.74, 6) is 0.881. The number of carbonyl (C=O) groups is 1. The van der Waals surface area contributed by atoms with E-state index in [1.54, 1.807) is 0 Å². The van der Waals surface area contributed by atoms with Crippen molar-refractivity contribution < 1.29 is 13.9 Å². The van der Waals surface area contributed by atoms with Crippen molar-refractivity contribution in [1.29, 1.82) is 0 Å². The van der Waals surface area contributed by atoms with Gasteiger partial charge in [-0.3, -0.25) is 4.79 Å². The maximum absolute atomic E-state index is 14.0. The van der Waals surface area contributed by atoms with Gasteiger partial charge in [-0.2, -0.15) is 5.10 Å². The summed E-state index contributed by atoms with van der Waals surface area (Å²) >= 11 is 0. The second-order valence-corrected chi connectivity index (χ2v) is 7.28. The fourth-order valence-electron chi connectivity index (χ4n) is 3.85. The SMILES string of the molecule is CC(=O)NCCCOc1ncc(F)cc1[C@H]1CCCN1C1=NC2CC=NN2C=C1. The van der Waals surface area contributed by atoms with Crippen molar-refractivity contribution in [2.24, 2.45) is 10.1 Å². The topological polar surface area (TPSA) is 82.4 Å². The van der Waals surface area contributed by atoms with Crippen molar-refractivity contribution in [3.05, 3.63) is 35.9 Å². The third-order valence-corrected chi connectivity index (χ3v) is 5.18. The summed E-state index contributed by atoms with van der Waals surface area (Å²) in [5.41, 5.74) is 0.739. The minimum atomic E-state index is -0.381. The van der Waals surface area contributed by atoms with E-state index in [9.17, 15) is 9.18 Å². The summed E-state index contributed by atoms with van der Waals surface area (Å²) in [6.07, 6.45) is 10.3. The molecule has 4 rings (SSSR count). The lowest BCUT2D eigenvalue weighted by atomic mass is 10.1. The highest BCUT2D eigenvalue weighted by molar-refractivity contribution is 5.94. The number of pyridine rings is 1. The molecule has 1 N–H and O–H groups in total. The number of amidine groups is 1. The van der Waals surface area contributed by atoms with Crippen molar-refractivity contribution >= 4 is 18.0 Å². The van der Waals surface area contributed by atoms with E-state index in [0.29, 0.717) is 25.5 Å². The van der Waals surface area contributed by atoms with Crippen LogP contribution in [0.1, 0.15) is 44.2 Å². The zero-order chi connectivity index (χ0) is 20.2. The number of nitrogens with zero attached hydrogens (tertiary/aromatic N) is 5. The van der Waals surface area contributed by atoms with Gasteiger partial charge in [0.2, 0.25) is 11.8 Å². The molecule has 0 aromatic carbocycles. The lowest BCUT2D eigenvalue weighted by Crippen LogP contribution is -2.35. The maximum atomic E-state index is 14.0. The molecule has 4 heterocycles. The second-order valence-electron chi connectivity index (χ2n) is 7.28. The van der Waals surface area contributed by atoms with Gasteiger partial charge in [-0.1, -0.05) is 0 Å². The van der Waals surface area contributed by atoms with Gasteiger partial charge in [-0.05, 0) is 31.4 Å². The monoisotopic (exact) mass is 400 g/mol. The number of fused-ring (bicyclic) bond motifs is 1. The molecular weight excluding hydrogens is 375 g/mol. The fraction of sp³-hybridized carbons (Fsp3) is 0.500. The molecule has 29 heavy (non-hydrogen) atoms. The second kappa shape index (κ2) is 8.59. The summed E-state index contributed by atoms with van der Waals surface area (Å²) in [4.78, 5) is 22.2. The van der Waals surface area contributed by atoms with Crippen LogP contribution < -0.4 is 10.1 Å².